The summed E-state index contributed by atoms with van der Waals surface area (Å²) in [6.45, 7) is 0.336. The number of nitrogens with one attached hydrogen (secondary N) is 2. The van der Waals surface area contributed by atoms with E-state index >= 15 is 0 Å². The Labute approximate surface area is 93.7 Å². The average Bonchev–Trinajstić information content (AvgIpc) is 2.30. The summed E-state index contributed by atoms with van der Waals surface area (Å²) in [7, 11) is 3.17. The maximum atomic E-state index is 11.6. The van der Waals surface area contributed by atoms with Gasteiger partial charge in [0.2, 0.25) is 5.91 Å². The van der Waals surface area contributed by atoms with Crippen molar-refractivity contribution in [3.8, 4) is 5.75 Å². The molecule has 0 aromatic heterocycles. The van der Waals surface area contributed by atoms with E-state index in [1.807, 2.05) is 12.1 Å². The Morgan fingerprint density at radius 1 is 1.31 bits per heavy atom. The molecule has 0 radical (unpaired) electrons. The van der Waals surface area contributed by atoms with E-state index in [1.54, 1.807) is 20.3 Å². The van der Waals surface area contributed by atoms with Gasteiger partial charge in [-0.1, -0.05) is 0 Å². The molecule has 86 valence electrons. The lowest BCUT2D eigenvalue weighted by atomic mass is 10.1. The smallest absolute Gasteiger partial charge is 0.249 e. The van der Waals surface area contributed by atoms with Crippen molar-refractivity contribution in [1.29, 1.82) is 0 Å². The molecule has 0 aliphatic carbocycles. The van der Waals surface area contributed by atoms with E-state index < -0.39 is 0 Å². The number of hydrogen-bond donors (Lipinski definition) is 2. The first-order chi connectivity index (χ1) is 7.74. The van der Waals surface area contributed by atoms with Gasteiger partial charge in [0.1, 0.15) is 11.8 Å². The monoisotopic (exact) mass is 222 g/mol. The van der Waals surface area contributed by atoms with Gasteiger partial charge in [-0.25, -0.2) is 0 Å². The maximum Gasteiger partial charge on any atom is 0.249 e. The Balaban J connectivity index is 2.25. The summed E-state index contributed by atoms with van der Waals surface area (Å²) in [6, 6.07) is 5.10. The number of fused-ring (bicyclic) bond motifs is 1. The van der Waals surface area contributed by atoms with Crippen LogP contribution in [-0.2, 0) is 9.53 Å². The second-order valence-electron chi connectivity index (χ2n) is 3.55. The lowest BCUT2D eigenvalue weighted by molar-refractivity contribution is -0.118. The highest BCUT2D eigenvalue weighted by Gasteiger charge is 2.25. The number of methoxy groups -OCH3 is 2. The van der Waals surface area contributed by atoms with Crippen LogP contribution in [0.15, 0.2) is 18.2 Å². The van der Waals surface area contributed by atoms with Crippen LogP contribution in [0.3, 0.4) is 0 Å². The SMILES string of the molecule is COCC1Nc2cc(OC)ccc2NC1=O. The summed E-state index contributed by atoms with van der Waals surface area (Å²) >= 11 is 0. The summed E-state index contributed by atoms with van der Waals surface area (Å²) in [5, 5.41) is 5.91. The van der Waals surface area contributed by atoms with Gasteiger partial charge in [0.15, 0.2) is 0 Å². The first kappa shape index (κ1) is 10.8. The molecule has 2 rings (SSSR count). The fourth-order valence-corrected chi connectivity index (χ4v) is 1.64. The minimum atomic E-state index is -0.357. The van der Waals surface area contributed by atoms with E-state index in [0.29, 0.717) is 6.61 Å². The van der Waals surface area contributed by atoms with Crippen LogP contribution in [0.2, 0.25) is 0 Å². The van der Waals surface area contributed by atoms with E-state index in [-0.39, 0.29) is 11.9 Å². The Morgan fingerprint density at radius 3 is 2.81 bits per heavy atom. The molecule has 16 heavy (non-hydrogen) atoms. The van der Waals surface area contributed by atoms with E-state index in [9.17, 15) is 4.79 Å². The van der Waals surface area contributed by atoms with Crippen molar-refractivity contribution in [2.24, 2.45) is 0 Å². The van der Waals surface area contributed by atoms with Crippen LogP contribution < -0.4 is 15.4 Å². The van der Waals surface area contributed by atoms with Crippen LogP contribution in [0, 0.1) is 0 Å². The summed E-state index contributed by atoms with van der Waals surface area (Å²) in [5.41, 5.74) is 1.61. The van der Waals surface area contributed by atoms with E-state index in [1.165, 1.54) is 0 Å². The standard InChI is InChI=1S/C11H14N2O3/c1-15-6-10-11(14)13-8-4-3-7(16-2)5-9(8)12-10/h3-5,10,12H,6H2,1-2H3,(H,13,14). The van der Waals surface area contributed by atoms with Crippen LogP contribution in [0.4, 0.5) is 11.4 Å². The molecule has 0 saturated carbocycles. The number of anilines is 2. The molecular weight excluding hydrogens is 208 g/mol. The van der Waals surface area contributed by atoms with Gasteiger partial charge in [0.05, 0.1) is 25.1 Å². The molecule has 0 spiro atoms. The Hall–Kier alpha value is -1.75. The van der Waals surface area contributed by atoms with Crippen molar-refractivity contribution in [2.45, 2.75) is 6.04 Å². The molecule has 5 nitrogen and oxygen atoms in total. The van der Waals surface area contributed by atoms with Crippen molar-refractivity contribution in [2.75, 3.05) is 31.5 Å². The summed E-state index contributed by atoms with van der Waals surface area (Å²) in [6.07, 6.45) is 0. The zero-order valence-electron chi connectivity index (χ0n) is 9.24. The second-order valence-corrected chi connectivity index (χ2v) is 3.55. The first-order valence-corrected chi connectivity index (χ1v) is 4.99. The van der Waals surface area contributed by atoms with Gasteiger partial charge >= 0.3 is 0 Å². The molecule has 1 aliphatic rings. The molecule has 0 bridgehead atoms. The van der Waals surface area contributed by atoms with Gasteiger partial charge in [0.25, 0.3) is 0 Å². The summed E-state index contributed by atoms with van der Waals surface area (Å²) in [5.74, 6) is 0.665. The Bertz CT molecular complexity index is 406. The molecule has 1 atom stereocenters. The number of carbonyl (C=O) groups excluding carboxylic acids is 1. The third kappa shape index (κ3) is 1.94. The van der Waals surface area contributed by atoms with Crippen LogP contribution in [0.25, 0.3) is 0 Å². The van der Waals surface area contributed by atoms with Crippen LogP contribution in [-0.4, -0.2) is 32.8 Å². The number of benzene rings is 1. The molecule has 0 saturated heterocycles. The molecule has 2 N–H and O–H groups in total. The largest absolute Gasteiger partial charge is 0.497 e. The first-order valence-electron chi connectivity index (χ1n) is 4.99. The van der Waals surface area contributed by atoms with Crippen molar-refractivity contribution < 1.29 is 14.3 Å². The molecule has 1 heterocycles. The molecule has 1 aromatic rings. The second kappa shape index (κ2) is 4.40. The van der Waals surface area contributed by atoms with Crippen molar-refractivity contribution in [3.05, 3.63) is 18.2 Å². The fourth-order valence-electron chi connectivity index (χ4n) is 1.64. The summed E-state index contributed by atoms with van der Waals surface area (Å²) in [4.78, 5) is 11.6. The summed E-state index contributed by atoms with van der Waals surface area (Å²) < 4.78 is 10.1. The lowest BCUT2D eigenvalue weighted by Crippen LogP contribution is -2.41. The Morgan fingerprint density at radius 2 is 2.12 bits per heavy atom. The maximum absolute atomic E-state index is 11.6. The molecule has 1 unspecified atom stereocenters. The normalized spacial score (nSPS) is 18.4. The van der Waals surface area contributed by atoms with Gasteiger partial charge in [-0.2, -0.15) is 0 Å². The molecule has 1 aliphatic heterocycles. The third-order valence-electron chi connectivity index (χ3n) is 2.46. The average molecular weight is 222 g/mol. The predicted molar refractivity (Wildman–Crippen MR) is 60.9 cm³/mol. The number of hydrogen-bond acceptors (Lipinski definition) is 4. The van der Waals surface area contributed by atoms with Crippen LogP contribution in [0.1, 0.15) is 0 Å². The minimum absolute atomic E-state index is 0.0838. The number of amides is 1. The van der Waals surface area contributed by atoms with Gasteiger partial charge in [0, 0.05) is 13.2 Å². The van der Waals surface area contributed by atoms with Gasteiger partial charge in [-0.3, -0.25) is 4.79 Å². The molecule has 1 aromatic carbocycles. The third-order valence-corrected chi connectivity index (χ3v) is 2.46. The number of carbonyl (C=O) groups is 1. The molecule has 5 heteroatoms. The minimum Gasteiger partial charge on any atom is -0.497 e. The molecular formula is C11H14N2O3. The van der Waals surface area contributed by atoms with Crippen molar-refractivity contribution in [3.63, 3.8) is 0 Å². The molecule has 0 fully saturated rings. The van der Waals surface area contributed by atoms with Gasteiger partial charge in [-0.15, -0.1) is 0 Å². The predicted octanol–water partition coefficient (Wildman–Crippen LogP) is 1.07. The van der Waals surface area contributed by atoms with Crippen molar-refractivity contribution in [1.82, 2.24) is 0 Å². The van der Waals surface area contributed by atoms with E-state index in [4.69, 9.17) is 9.47 Å². The highest BCUT2D eigenvalue weighted by molar-refractivity contribution is 6.03. The highest BCUT2D eigenvalue weighted by atomic mass is 16.5. The highest BCUT2D eigenvalue weighted by Crippen LogP contribution is 2.30. The Kier molecular flexibility index (Phi) is 2.96. The zero-order valence-corrected chi connectivity index (χ0v) is 9.24. The number of rotatable bonds is 3. The quantitative estimate of drug-likeness (QED) is 0.803. The number of ether oxygens (including phenoxy) is 2. The fraction of sp³-hybridized carbons (Fsp3) is 0.364. The molecule has 1 amide bonds. The zero-order chi connectivity index (χ0) is 11.5. The van der Waals surface area contributed by atoms with Gasteiger partial charge < -0.3 is 20.1 Å². The van der Waals surface area contributed by atoms with Crippen LogP contribution >= 0.6 is 0 Å². The van der Waals surface area contributed by atoms with Crippen molar-refractivity contribution >= 4 is 17.3 Å². The van der Waals surface area contributed by atoms with Crippen LogP contribution in [0.5, 0.6) is 5.75 Å². The van der Waals surface area contributed by atoms with E-state index in [2.05, 4.69) is 10.6 Å². The lowest BCUT2D eigenvalue weighted by Gasteiger charge is -2.26. The van der Waals surface area contributed by atoms with E-state index in [0.717, 1.165) is 17.1 Å². The topological polar surface area (TPSA) is 59.6 Å². The van der Waals surface area contributed by atoms with Gasteiger partial charge in [-0.05, 0) is 12.1 Å².